The van der Waals surface area contributed by atoms with Gasteiger partial charge < -0.3 is 20.1 Å². The highest BCUT2D eigenvalue weighted by molar-refractivity contribution is 5.78. The Morgan fingerprint density at radius 1 is 1.44 bits per heavy atom. The zero-order valence-electron chi connectivity index (χ0n) is 11.9. The van der Waals surface area contributed by atoms with E-state index >= 15 is 0 Å². The van der Waals surface area contributed by atoms with Gasteiger partial charge in [0.1, 0.15) is 0 Å². The Bertz CT molecular complexity index is 269. The predicted molar refractivity (Wildman–Crippen MR) is 70.5 cm³/mol. The molecule has 18 heavy (non-hydrogen) atoms. The third-order valence-electron chi connectivity index (χ3n) is 3.65. The van der Waals surface area contributed by atoms with E-state index in [-0.39, 0.29) is 23.5 Å². The molecule has 1 rings (SSSR count). The summed E-state index contributed by atoms with van der Waals surface area (Å²) in [4.78, 5) is 11.7. The Kier molecular flexibility index (Phi) is 6.05. The minimum absolute atomic E-state index is 0.0260. The predicted octanol–water partition coefficient (Wildman–Crippen LogP) is 0.542. The maximum Gasteiger partial charge on any atom is 0.234 e. The summed E-state index contributed by atoms with van der Waals surface area (Å²) >= 11 is 0. The summed E-state index contributed by atoms with van der Waals surface area (Å²) in [6, 6.07) is 0.214. The number of ether oxygens (including phenoxy) is 2. The second-order valence-corrected chi connectivity index (χ2v) is 5.29. The van der Waals surface area contributed by atoms with Gasteiger partial charge in [-0.15, -0.1) is 0 Å². The lowest BCUT2D eigenvalue weighted by molar-refractivity contribution is -0.136. The van der Waals surface area contributed by atoms with Crippen molar-refractivity contribution in [3.63, 3.8) is 0 Å². The molecule has 0 spiro atoms. The Morgan fingerprint density at radius 2 is 2.17 bits per heavy atom. The summed E-state index contributed by atoms with van der Waals surface area (Å²) in [7, 11) is 1.65. The van der Waals surface area contributed by atoms with E-state index in [0.29, 0.717) is 19.7 Å². The van der Waals surface area contributed by atoms with Crippen molar-refractivity contribution < 1.29 is 14.3 Å². The maximum absolute atomic E-state index is 11.7. The van der Waals surface area contributed by atoms with E-state index in [2.05, 4.69) is 24.5 Å². The van der Waals surface area contributed by atoms with Crippen LogP contribution in [0.25, 0.3) is 0 Å². The van der Waals surface area contributed by atoms with Gasteiger partial charge in [0, 0.05) is 31.7 Å². The van der Waals surface area contributed by atoms with Crippen LogP contribution in [0.2, 0.25) is 0 Å². The van der Waals surface area contributed by atoms with Gasteiger partial charge in [0.15, 0.2) is 0 Å². The van der Waals surface area contributed by atoms with Gasteiger partial charge in [-0.3, -0.25) is 4.79 Å². The number of methoxy groups -OCH3 is 1. The number of amides is 1. The summed E-state index contributed by atoms with van der Waals surface area (Å²) < 4.78 is 10.5. The number of carbonyl (C=O) groups is 1. The van der Waals surface area contributed by atoms with Crippen molar-refractivity contribution in [3.8, 4) is 0 Å². The summed E-state index contributed by atoms with van der Waals surface area (Å²) in [5, 5.41) is 6.08. The molecule has 0 aromatic rings. The van der Waals surface area contributed by atoms with Crippen molar-refractivity contribution in [2.24, 2.45) is 5.41 Å². The van der Waals surface area contributed by atoms with Gasteiger partial charge in [-0.05, 0) is 13.3 Å². The summed E-state index contributed by atoms with van der Waals surface area (Å²) in [6.45, 7) is 8.67. The second kappa shape index (κ2) is 7.07. The van der Waals surface area contributed by atoms with Crippen LogP contribution in [0, 0.1) is 5.41 Å². The monoisotopic (exact) mass is 258 g/mol. The molecule has 1 amide bonds. The number of nitrogens with one attached hydrogen (secondary N) is 2. The summed E-state index contributed by atoms with van der Waals surface area (Å²) in [6.07, 6.45) is 1.17. The fourth-order valence-electron chi connectivity index (χ4n) is 2.24. The van der Waals surface area contributed by atoms with Gasteiger partial charge in [0.05, 0.1) is 19.3 Å². The van der Waals surface area contributed by atoms with E-state index in [1.54, 1.807) is 7.11 Å². The number of hydrogen-bond donors (Lipinski definition) is 2. The number of rotatable bonds is 8. The maximum atomic E-state index is 11.7. The van der Waals surface area contributed by atoms with Gasteiger partial charge in [0.2, 0.25) is 5.91 Å². The summed E-state index contributed by atoms with van der Waals surface area (Å²) in [5.41, 5.74) is 0.0260. The molecule has 1 aliphatic carbocycles. The van der Waals surface area contributed by atoms with Crippen molar-refractivity contribution in [1.82, 2.24) is 10.6 Å². The minimum atomic E-state index is 0.0260. The number of hydrogen-bond acceptors (Lipinski definition) is 4. The highest BCUT2D eigenvalue weighted by atomic mass is 16.5. The molecular weight excluding hydrogens is 232 g/mol. The van der Waals surface area contributed by atoms with Gasteiger partial charge in [-0.2, -0.15) is 0 Å². The van der Waals surface area contributed by atoms with Crippen LogP contribution in [0.1, 0.15) is 27.2 Å². The molecule has 5 nitrogen and oxygen atoms in total. The smallest absolute Gasteiger partial charge is 0.234 e. The molecule has 5 heteroatoms. The average Bonchev–Trinajstić information content (AvgIpc) is 2.33. The molecule has 1 fully saturated rings. The van der Waals surface area contributed by atoms with E-state index in [1.165, 1.54) is 0 Å². The van der Waals surface area contributed by atoms with Gasteiger partial charge >= 0.3 is 0 Å². The molecule has 0 aromatic heterocycles. The van der Waals surface area contributed by atoms with Crippen LogP contribution in [0.5, 0.6) is 0 Å². The molecule has 2 atom stereocenters. The van der Waals surface area contributed by atoms with Crippen LogP contribution in [-0.4, -0.2) is 51.5 Å². The standard InChI is InChI=1S/C13H26N2O3/c1-5-18-11-8-10(13(11,2)3)15-12(16)9-14-6-7-17-4/h10-11,14H,5-9H2,1-4H3,(H,15,16). The summed E-state index contributed by atoms with van der Waals surface area (Å²) in [5.74, 6) is 0.0409. The van der Waals surface area contributed by atoms with E-state index in [1.807, 2.05) is 6.92 Å². The van der Waals surface area contributed by atoms with E-state index < -0.39 is 0 Å². The first-order valence-electron chi connectivity index (χ1n) is 6.63. The van der Waals surface area contributed by atoms with Crippen molar-refractivity contribution in [2.45, 2.75) is 39.3 Å². The molecule has 1 aliphatic rings. The molecule has 0 aliphatic heterocycles. The second-order valence-electron chi connectivity index (χ2n) is 5.29. The van der Waals surface area contributed by atoms with Crippen molar-refractivity contribution in [2.75, 3.05) is 33.4 Å². The first-order chi connectivity index (χ1) is 8.52. The molecular formula is C13H26N2O3. The van der Waals surface area contributed by atoms with Crippen molar-refractivity contribution in [1.29, 1.82) is 0 Å². The lowest BCUT2D eigenvalue weighted by Gasteiger charge is -2.51. The fourth-order valence-corrected chi connectivity index (χ4v) is 2.24. The molecule has 0 saturated heterocycles. The average molecular weight is 258 g/mol. The van der Waals surface area contributed by atoms with E-state index in [4.69, 9.17) is 9.47 Å². The zero-order chi connectivity index (χ0) is 13.6. The van der Waals surface area contributed by atoms with Crippen LogP contribution >= 0.6 is 0 Å². The molecule has 106 valence electrons. The quantitative estimate of drug-likeness (QED) is 0.624. The lowest BCUT2D eigenvalue weighted by atomic mass is 9.64. The van der Waals surface area contributed by atoms with Gasteiger partial charge in [0.25, 0.3) is 0 Å². The topological polar surface area (TPSA) is 59.6 Å². The van der Waals surface area contributed by atoms with E-state index in [0.717, 1.165) is 13.0 Å². The van der Waals surface area contributed by atoms with Crippen LogP contribution in [0.3, 0.4) is 0 Å². The molecule has 0 heterocycles. The molecule has 1 saturated carbocycles. The third-order valence-corrected chi connectivity index (χ3v) is 3.65. The first-order valence-corrected chi connectivity index (χ1v) is 6.63. The van der Waals surface area contributed by atoms with Crippen LogP contribution in [-0.2, 0) is 14.3 Å². The minimum Gasteiger partial charge on any atom is -0.383 e. The molecule has 0 bridgehead atoms. The van der Waals surface area contributed by atoms with Crippen molar-refractivity contribution in [3.05, 3.63) is 0 Å². The molecule has 2 N–H and O–H groups in total. The lowest BCUT2D eigenvalue weighted by Crippen LogP contribution is -2.62. The number of carbonyl (C=O) groups excluding carboxylic acids is 1. The van der Waals surface area contributed by atoms with Gasteiger partial charge in [-0.1, -0.05) is 13.8 Å². The fraction of sp³-hybridized carbons (Fsp3) is 0.923. The van der Waals surface area contributed by atoms with E-state index in [9.17, 15) is 4.79 Å². The van der Waals surface area contributed by atoms with Crippen LogP contribution in [0.15, 0.2) is 0 Å². The molecule has 0 aromatic carbocycles. The van der Waals surface area contributed by atoms with Crippen LogP contribution < -0.4 is 10.6 Å². The van der Waals surface area contributed by atoms with Crippen LogP contribution in [0.4, 0.5) is 0 Å². The van der Waals surface area contributed by atoms with Gasteiger partial charge in [-0.25, -0.2) is 0 Å². The zero-order valence-corrected chi connectivity index (χ0v) is 11.9. The van der Waals surface area contributed by atoms with Crippen molar-refractivity contribution >= 4 is 5.91 Å². The highest BCUT2D eigenvalue weighted by Gasteiger charge is 2.49. The first kappa shape index (κ1) is 15.4. The molecule has 2 unspecified atom stereocenters. The largest absolute Gasteiger partial charge is 0.383 e. The SMILES string of the molecule is CCOC1CC(NC(=O)CNCCOC)C1(C)C. The normalized spacial score (nSPS) is 25.6. The third kappa shape index (κ3) is 3.93. The Hall–Kier alpha value is -0.650. The Labute approximate surface area is 110 Å². The molecule has 0 radical (unpaired) electrons. The highest BCUT2D eigenvalue weighted by Crippen LogP contribution is 2.42. The Balaban J connectivity index is 2.21. The Morgan fingerprint density at radius 3 is 2.72 bits per heavy atom.